The number of aromatic nitrogens is 2. The van der Waals surface area contributed by atoms with E-state index >= 15 is 0 Å². The van der Waals surface area contributed by atoms with E-state index in [0.29, 0.717) is 5.71 Å². The third kappa shape index (κ3) is 3.63. The minimum Gasteiger partial charge on any atom is -0.260 e. The van der Waals surface area contributed by atoms with E-state index in [1.54, 1.807) is 13.8 Å². The fourth-order valence-electron chi connectivity index (χ4n) is 1.74. The summed E-state index contributed by atoms with van der Waals surface area (Å²) in [5, 5.41) is 16.9. The predicted octanol–water partition coefficient (Wildman–Crippen LogP) is 4.22. The van der Waals surface area contributed by atoms with Crippen LogP contribution in [-0.2, 0) is 6.18 Å². The summed E-state index contributed by atoms with van der Waals surface area (Å²) in [5.41, 5.74) is 2.89. The number of halogens is 4. The highest BCUT2D eigenvalue weighted by atomic mass is 35.5. The summed E-state index contributed by atoms with van der Waals surface area (Å²) in [7, 11) is 0. The van der Waals surface area contributed by atoms with Crippen LogP contribution in [0, 0.1) is 11.3 Å². The number of hydrazone groups is 1. The SMILES string of the molecule is CC(C)=NNc1c(C#N)cnn1-c1ccc(C(F)(F)F)cc1Cl. The standard InChI is InChI=1S/C14H11ClF3N5/c1-8(2)21-22-13-9(6-19)7-20-23(13)12-4-3-10(5-11(12)15)14(16,17)18/h3-5,7,22H,1-2H3. The molecule has 120 valence electrons. The van der Waals surface area contributed by atoms with Crippen LogP contribution in [0.15, 0.2) is 29.5 Å². The molecule has 0 saturated heterocycles. The van der Waals surface area contributed by atoms with Gasteiger partial charge in [-0.3, -0.25) is 5.43 Å². The molecule has 0 aliphatic rings. The number of nitriles is 1. The van der Waals surface area contributed by atoms with Gasteiger partial charge in [-0.15, -0.1) is 0 Å². The molecule has 9 heteroatoms. The Hall–Kier alpha value is -2.53. The normalized spacial score (nSPS) is 11.0. The Morgan fingerprint density at radius 3 is 2.61 bits per heavy atom. The molecular weight excluding hydrogens is 331 g/mol. The second kappa shape index (κ2) is 6.30. The van der Waals surface area contributed by atoms with E-state index < -0.39 is 11.7 Å². The summed E-state index contributed by atoms with van der Waals surface area (Å²) < 4.78 is 39.3. The Bertz CT molecular complexity index is 798. The van der Waals surface area contributed by atoms with Crippen molar-refractivity contribution in [3.63, 3.8) is 0 Å². The molecule has 1 aromatic carbocycles. The number of nitrogens with one attached hydrogen (secondary N) is 1. The Morgan fingerprint density at radius 1 is 1.39 bits per heavy atom. The largest absolute Gasteiger partial charge is 0.416 e. The van der Waals surface area contributed by atoms with Gasteiger partial charge in [0.1, 0.15) is 11.6 Å². The van der Waals surface area contributed by atoms with E-state index in [1.165, 1.54) is 16.9 Å². The average Bonchev–Trinajstić information content (AvgIpc) is 2.86. The maximum atomic E-state index is 12.7. The molecule has 2 aromatic rings. The molecule has 1 aromatic heterocycles. The van der Waals surface area contributed by atoms with Crippen molar-refractivity contribution in [1.82, 2.24) is 9.78 Å². The van der Waals surface area contributed by atoms with E-state index in [0.717, 1.165) is 12.1 Å². The fraction of sp³-hybridized carbons (Fsp3) is 0.214. The number of hydrogen-bond acceptors (Lipinski definition) is 4. The molecular formula is C14H11ClF3N5. The Morgan fingerprint density at radius 2 is 2.09 bits per heavy atom. The molecule has 0 saturated carbocycles. The number of hydrogen-bond donors (Lipinski definition) is 1. The number of anilines is 1. The van der Waals surface area contributed by atoms with E-state index in [4.69, 9.17) is 16.9 Å². The maximum absolute atomic E-state index is 12.7. The molecule has 0 aliphatic heterocycles. The summed E-state index contributed by atoms with van der Waals surface area (Å²) in [5.74, 6) is 0.218. The monoisotopic (exact) mass is 341 g/mol. The van der Waals surface area contributed by atoms with Crippen LogP contribution < -0.4 is 5.43 Å². The Labute approximate surface area is 135 Å². The lowest BCUT2D eigenvalue weighted by Gasteiger charge is -2.12. The Kier molecular flexibility index (Phi) is 4.61. The van der Waals surface area contributed by atoms with Gasteiger partial charge < -0.3 is 0 Å². The second-order valence-corrected chi connectivity index (χ2v) is 5.17. The highest BCUT2D eigenvalue weighted by Crippen LogP contribution is 2.34. The van der Waals surface area contributed by atoms with E-state index in [9.17, 15) is 13.2 Å². The van der Waals surface area contributed by atoms with Crippen LogP contribution in [0.1, 0.15) is 25.0 Å². The fourth-order valence-corrected chi connectivity index (χ4v) is 2.00. The maximum Gasteiger partial charge on any atom is 0.416 e. The lowest BCUT2D eigenvalue weighted by molar-refractivity contribution is -0.137. The first-order valence-corrected chi connectivity index (χ1v) is 6.74. The predicted molar refractivity (Wildman–Crippen MR) is 80.7 cm³/mol. The van der Waals surface area contributed by atoms with Crippen LogP contribution in [0.2, 0.25) is 5.02 Å². The van der Waals surface area contributed by atoms with E-state index in [-0.39, 0.29) is 22.1 Å². The summed E-state index contributed by atoms with van der Waals surface area (Å²) in [4.78, 5) is 0. The highest BCUT2D eigenvalue weighted by molar-refractivity contribution is 6.32. The van der Waals surface area contributed by atoms with Crippen LogP contribution in [0.5, 0.6) is 0 Å². The first-order chi connectivity index (χ1) is 10.7. The minimum absolute atomic E-state index is 0.146. The van der Waals surface area contributed by atoms with Gasteiger partial charge in [0.25, 0.3) is 0 Å². The van der Waals surface area contributed by atoms with E-state index in [2.05, 4.69) is 15.6 Å². The van der Waals surface area contributed by atoms with Gasteiger partial charge >= 0.3 is 6.18 Å². The minimum atomic E-state index is -4.49. The smallest absolute Gasteiger partial charge is 0.260 e. The third-order valence-electron chi connectivity index (χ3n) is 2.78. The number of nitrogens with zero attached hydrogens (tertiary/aromatic N) is 4. The van der Waals surface area contributed by atoms with Gasteiger partial charge in [-0.2, -0.15) is 28.6 Å². The lowest BCUT2D eigenvalue weighted by Crippen LogP contribution is -2.08. The van der Waals surface area contributed by atoms with Crippen molar-refractivity contribution in [3.8, 4) is 11.8 Å². The second-order valence-electron chi connectivity index (χ2n) is 4.77. The van der Waals surface area contributed by atoms with Crippen molar-refractivity contribution in [2.24, 2.45) is 5.10 Å². The van der Waals surface area contributed by atoms with Crippen molar-refractivity contribution < 1.29 is 13.2 Å². The van der Waals surface area contributed by atoms with Gasteiger partial charge in [0, 0.05) is 5.71 Å². The van der Waals surface area contributed by atoms with Gasteiger partial charge in [-0.25, -0.2) is 4.68 Å². The van der Waals surface area contributed by atoms with Crippen molar-refractivity contribution in [2.75, 3.05) is 5.43 Å². The number of benzene rings is 1. The molecule has 23 heavy (non-hydrogen) atoms. The van der Waals surface area contributed by atoms with Gasteiger partial charge in [-0.05, 0) is 32.0 Å². The zero-order valence-electron chi connectivity index (χ0n) is 12.1. The van der Waals surface area contributed by atoms with Crippen molar-refractivity contribution in [3.05, 3.63) is 40.5 Å². The first-order valence-electron chi connectivity index (χ1n) is 6.36. The molecule has 0 aliphatic carbocycles. The van der Waals surface area contributed by atoms with Crippen LogP contribution in [-0.4, -0.2) is 15.5 Å². The topological polar surface area (TPSA) is 66.0 Å². The molecule has 0 atom stereocenters. The third-order valence-corrected chi connectivity index (χ3v) is 3.08. The van der Waals surface area contributed by atoms with Crippen LogP contribution in [0.3, 0.4) is 0 Å². The van der Waals surface area contributed by atoms with Crippen LogP contribution in [0.4, 0.5) is 19.0 Å². The van der Waals surface area contributed by atoms with Crippen molar-refractivity contribution in [2.45, 2.75) is 20.0 Å². The average molecular weight is 342 g/mol. The van der Waals surface area contributed by atoms with Crippen molar-refractivity contribution >= 4 is 23.1 Å². The molecule has 0 amide bonds. The summed E-state index contributed by atoms with van der Waals surface area (Å²) >= 11 is 5.95. The number of alkyl halides is 3. The molecule has 1 heterocycles. The van der Waals surface area contributed by atoms with Gasteiger partial charge in [0.2, 0.25) is 0 Å². The zero-order valence-corrected chi connectivity index (χ0v) is 12.9. The van der Waals surface area contributed by atoms with Gasteiger partial charge in [0.05, 0.1) is 22.5 Å². The van der Waals surface area contributed by atoms with Crippen LogP contribution in [0.25, 0.3) is 5.69 Å². The Balaban J connectivity index is 2.53. The quantitative estimate of drug-likeness (QED) is 0.671. The molecule has 0 radical (unpaired) electrons. The summed E-state index contributed by atoms with van der Waals surface area (Å²) in [6.45, 7) is 3.48. The molecule has 1 N–H and O–H groups in total. The molecule has 0 spiro atoms. The summed E-state index contributed by atoms with van der Waals surface area (Å²) in [6.07, 6.45) is -3.22. The zero-order chi connectivity index (χ0) is 17.2. The number of rotatable bonds is 3. The van der Waals surface area contributed by atoms with E-state index in [1.807, 2.05) is 6.07 Å². The molecule has 5 nitrogen and oxygen atoms in total. The first kappa shape index (κ1) is 16.8. The van der Waals surface area contributed by atoms with Gasteiger partial charge in [0.15, 0.2) is 5.82 Å². The lowest BCUT2D eigenvalue weighted by atomic mass is 10.2. The van der Waals surface area contributed by atoms with Crippen LogP contribution >= 0.6 is 11.6 Å². The summed E-state index contributed by atoms with van der Waals surface area (Å²) in [6, 6.07) is 4.82. The van der Waals surface area contributed by atoms with Crippen molar-refractivity contribution in [1.29, 1.82) is 5.26 Å². The molecule has 0 unspecified atom stereocenters. The van der Waals surface area contributed by atoms with Gasteiger partial charge in [-0.1, -0.05) is 11.6 Å². The molecule has 0 fully saturated rings. The highest BCUT2D eigenvalue weighted by Gasteiger charge is 2.31. The molecule has 0 bridgehead atoms. The molecule has 2 rings (SSSR count).